The summed E-state index contributed by atoms with van der Waals surface area (Å²) in [5, 5.41) is 3.59. The van der Waals surface area contributed by atoms with Gasteiger partial charge in [-0.1, -0.05) is 23.7 Å². The van der Waals surface area contributed by atoms with Gasteiger partial charge in [0, 0.05) is 17.3 Å². The highest BCUT2D eigenvalue weighted by molar-refractivity contribution is 7.80. The van der Waals surface area contributed by atoms with Crippen LogP contribution in [-0.4, -0.2) is 35.0 Å². The van der Waals surface area contributed by atoms with Crippen molar-refractivity contribution >= 4 is 52.1 Å². The van der Waals surface area contributed by atoms with Gasteiger partial charge in [-0.15, -0.1) is 0 Å². The Morgan fingerprint density at radius 1 is 1.06 bits per heavy atom. The van der Waals surface area contributed by atoms with Gasteiger partial charge in [0.15, 0.2) is 5.11 Å². The highest BCUT2D eigenvalue weighted by Crippen LogP contribution is 2.29. The first-order chi connectivity index (χ1) is 16.4. The number of thiocarbonyl (C=S) groups is 1. The molecule has 3 aromatic rings. The first-order valence-electron chi connectivity index (χ1n) is 10.4. The van der Waals surface area contributed by atoms with Crippen LogP contribution in [0.25, 0.3) is 0 Å². The van der Waals surface area contributed by atoms with Crippen molar-refractivity contribution in [2.24, 2.45) is 0 Å². The second-order valence-corrected chi connectivity index (χ2v) is 8.49. The lowest BCUT2D eigenvalue weighted by atomic mass is 10.1. The molecule has 0 spiro atoms. The van der Waals surface area contributed by atoms with Crippen LogP contribution >= 0.6 is 23.8 Å². The number of amides is 2. The molecule has 1 heterocycles. The van der Waals surface area contributed by atoms with Crippen molar-refractivity contribution < 1.29 is 18.7 Å². The van der Waals surface area contributed by atoms with Gasteiger partial charge in [-0.25, -0.2) is 4.39 Å². The molecule has 3 aromatic carbocycles. The Morgan fingerprint density at radius 2 is 1.71 bits per heavy atom. The first-order valence-corrected chi connectivity index (χ1v) is 11.2. The molecule has 1 aliphatic heterocycles. The number of carbonyl (C=O) groups is 2. The lowest BCUT2D eigenvalue weighted by molar-refractivity contribution is -0.124. The lowest BCUT2D eigenvalue weighted by Gasteiger charge is -2.24. The number of ether oxygens (including phenoxy) is 1. The number of nitrogens with one attached hydrogen (secondary N) is 1. The molecule has 0 aliphatic carbocycles. The molecule has 0 aromatic heterocycles. The molecule has 6 nitrogen and oxygen atoms in total. The Labute approximate surface area is 206 Å². The van der Waals surface area contributed by atoms with Gasteiger partial charge in [-0.2, -0.15) is 0 Å². The van der Waals surface area contributed by atoms with Gasteiger partial charge < -0.3 is 15.0 Å². The zero-order chi connectivity index (χ0) is 24.2. The van der Waals surface area contributed by atoms with E-state index < -0.39 is 11.9 Å². The van der Waals surface area contributed by atoms with Crippen molar-refractivity contribution in [1.29, 1.82) is 0 Å². The fourth-order valence-corrected chi connectivity index (χ4v) is 4.20. The van der Waals surface area contributed by atoms with E-state index in [0.717, 1.165) is 5.56 Å². The third kappa shape index (κ3) is 5.18. The van der Waals surface area contributed by atoms with E-state index in [4.69, 9.17) is 28.6 Å². The molecular weight excluding hydrogens is 477 g/mol. The topological polar surface area (TPSA) is 61.9 Å². The Hall–Kier alpha value is -3.49. The summed E-state index contributed by atoms with van der Waals surface area (Å²) in [7, 11) is 1.58. The largest absolute Gasteiger partial charge is 0.497 e. The molecule has 2 amide bonds. The standard InChI is InChI=1S/C25H21ClFN3O3S/c1-33-21-12-2-16(3-13-21)15-29-22(14-23(31)28-19-8-4-17(26)5-9-19)24(32)30(25(29)34)20-10-6-18(27)7-11-20/h2-13,22H,14-15H2,1H3,(H,28,31)/t22-/m0/s1. The molecule has 0 unspecified atom stereocenters. The summed E-state index contributed by atoms with van der Waals surface area (Å²) in [6, 6.07) is 18.7. The summed E-state index contributed by atoms with van der Waals surface area (Å²) in [4.78, 5) is 29.3. The Balaban J connectivity index is 1.59. The van der Waals surface area contributed by atoms with Crippen LogP contribution in [0.15, 0.2) is 72.8 Å². The predicted octanol–water partition coefficient (Wildman–Crippen LogP) is 5.02. The maximum Gasteiger partial charge on any atom is 0.256 e. The molecule has 4 rings (SSSR count). The van der Waals surface area contributed by atoms with Crippen LogP contribution in [0.5, 0.6) is 5.75 Å². The quantitative estimate of drug-likeness (QED) is 0.464. The number of hydrogen-bond donors (Lipinski definition) is 1. The minimum atomic E-state index is -0.827. The summed E-state index contributed by atoms with van der Waals surface area (Å²) in [6.07, 6.45) is -0.116. The molecule has 34 heavy (non-hydrogen) atoms. The van der Waals surface area contributed by atoms with Gasteiger partial charge in [-0.05, 0) is 78.4 Å². The minimum Gasteiger partial charge on any atom is -0.497 e. The van der Waals surface area contributed by atoms with Gasteiger partial charge in [0.1, 0.15) is 17.6 Å². The fourth-order valence-electron chi connectivity index (χ4n) is 3.69. The average Bonchev–Trinajstić information content (AvgIpc) is 3.05. The molecular formula is C25H21ClFN3O3S. The van der Waals surface area contributed by atoms with Crippen LogP contribution in [0.2, 0.25) is 5.02 Å². The predicted molar refractivity (Wildman–Crippen MR) is 134 cm³/mol. The van der Waals surface area contributed by atoms with Crippen LogP contribution in [-0.2, 0) is 16.1 Å². The van der Waals surface area contributed by atoms with E-state index in [2.05, 4.69) is 5.32 Å². The van der Waals surface area contributed by atoms with Crippen LogP contribution in [0, 0.1) is 5.82 Å². The van der Waals surface area contributed by atoms with E-state index in [9.17, 15) is 14.0 Å². The molecule has 0 radical (unpaired) electrons. The third-order valence-electron chi connectivity index (χ3n) is 5.42. The summed E-state index contributed by atoms with van der Waals surface area (Å²) in [5.74, 6) is -0.411. The van der Waals surface area contributed by atoms with Crippen molar-refractivity contribution in [3.05, 3.63) is 89.2 Å². The zero-order valence-corrected chi connectivity index (χ0v) is 19.8. The number of rotatable bonds is 7. The first kappa shape index (κ1) is 23.7. The summed E-state index contributed by atoms with van der Waals surface area (Å²) >= 11 is 11.5. The number of anilines is 2. The molecule has 1 atom stereocenters. The van der Waals surface area contributed by atoms with Crippen molar-refractivity contribution in [2.45, 2.75) is 19.0 Å². The van der Waals surface area contributed by atoms with Crippen molar-refractivity contribution in [3.63, 3.8) is 0 Å². The summed E-state index contributed by atoms with van der Waals surface area (Å²) in [5.41, 5.74) is 1.90. The Bertz CT molecular complexity index is 1200. The monoisotopic (exact) mass is 497 g/mol. The van der Waals surface area contributed by atoms with Gasteiger partial charge >= 0.3 is 0 Å². The molecule has 1 N–H and O–H groups in total. The molecule has 1 fully saturated rings. The molecule has 9 heteroatoms. The molecule has 0 bridgehead atoms. The van der Waals surface area contributed by atoms with E-state index in [1.807, 2.05) is 24.3 Å². The maximum absolute atomic E-state index is 13.5. The summed E-state index contributed by atoms with van der Waals surface area (Å²) in [6.45, 7) is 0.311. The lowest BCUT2D eigenvalue weighted by Crippen LogP contribution is -2.37. The van der Waals surface area contributed by atoms with Crippen LogP contribution in [0.1, 0.15) is 12.0 Å². The summed E-state index contributed by atoms with van der Waals surface area (Å²) < 4.78 is 18.7. The van der Waals surface area contributed by atoms with Crippen molar-refractivity contribution in [1.82, 2.24) is 4.90 Å². The van der Waals surface area contributed by atoms with Gasteiger partial charge in [0.05, 0.1) is 19.2 Å². The van der Waals surface area contributed by atoms with E-state index >= 15 is 0 Å². The van der Waals surface area contributed by atoms with Crippen LogP contribution in [0.3, 0.4) is 0 Å². The molecule has 174 valence electrons. The highest BCUT2D eigenvalue weighted by Gasteiger charge is 2.44. The number of nitrogens with zero attached hydrogens (tertiary/aromatic N) is 2. The minimum absolute atomic E-state index is 0.116. The molecule has 0 saturated carbocycles. The van der Waals surface area contributed by atoms with E-state index in [1.165, 1.54) is 29.2 Å². The Kier molecular flexibility index (Phi) is 7.09. The second kappa shape index (κ2) is 10.2. The molecule has 1 saturated heterocycles. The smallest absolute Gasteiger partial charge is 0.256 e. The van der Waals surface area contributed by atoms with Crippen molar-refractivity contribution in [2.75, 3.05) is 17.3 Å². The number of methoxy groups -OCH3 is 1. The Morgan fingerprint density at radius 3 is 2.32 bits per heavy atom. The highest BCUT2D eigenvalue weighted by atomic mass is 35.5. The SMILES string of the molecule is COc1ccc(CN2C(=S)N(c3ccc(F)cc3)C(=O)[C@@H]2CC(=O)Nc2ccc(Cl)cc2)cc1. The van der Waals surface area contributed by atoms with E-state index in [-0.39, 0.29) is 23.3 Å². The number of benzene rings is 3. The normalized spacial score (nSPS) is 15.6. The third-order valence-corrected chi connectivity index (χ3v) is 6.09. The van der Waals surface area contributed by atoms with Gasteiger partial charge in [-0.3, -0.25) is 14.5 Å². The number of carbonyl (C=O) groups excluding carboxylic acids is 2. The van der Waals surface area contributed by atoms with Crippen LogP contribution < -0.4 is 15.0 Å². The van der Waals surface area contributed by atoms with Gasteiger partial charge in [0.2, 0.25) is 5.91 Å². The number of hydrogen-bond acceptors (Lipinski definition) is 4. The van der Waals surface area contributed by atoms with Crippen molar-refractivity contribution in [3.8, 4) is 5.75 Å². The zero-order valence-electron chi connectivity index (χ0n) is 18.2. The van der Waals surface area contributed by atoms with Gasteiger partial charge in [0.25, 0.3) is 5.91 Å². The molecule has 1 aliphatic rings. The number of halogens is 2. The van der Waals surface area contributed by atoms with E-state index in [0.29, 0.717) is 28.7 Å². The average molecular weight is 498 g/mol. The van der Waals surface area contributed by atoms with E-state index in [1.54, 1.807) is 36.3 Å². The fraction of sp³-hybridized carbons (Fsp3) is 0.160. The second-order valence-electron chi connectivity index (χ2n) is 7.68. The maximum atomic E-state index is 13.5. The van der Waals surface area contributed by atoms with Crippen LogP contribution in [0.4, 0.5) is 15.8 Å².